The van der Waals surface area contributed by atoms with Crippen molar-refractivity contribution in [3.63, 3.8) is 0 Å². The Kier molecular flexibility index (Phi) is 5.10. The molecule has 0 fully saturated rings. The number of likely N-dealkylation sites (N-methyl/N-ethyl adjacent to an activating group) is 1. The molecule has 0 radical (unpaired) electrons. The number of carbonyl (C=O) groups is 1. The minimum Gasteiger partial charge on any atom is -0.336 e. The van der Waals surface area contributed by atoms with E-state index in [1.54, 1.807) is 13.1 Å². The molecule has 0 aromatic carbocycles. The fourth-order valence-electron chi connectivity index (χ4n) is 1.53. The topological polar surface area (TPSA) is 36.4 Å². The van der Waals surface area contributed by atoms with Crippen LogP contribution in [0.2, 0.25) is 0 Å². The Bertz CT molecular complexity index is 377. The summed E-state index contributed by atoms with van der Waals surface area (Å²) in [6.45, 7) is 5.82. The normalized spacial score (nSPS) is 10.6. The third kappa shape index (κ3) is 4.53. The zero-order valence-electron chi connectivity index (χ0n) is 11.1. The van der Waals surface area contributed by atoms with Gasteiger partial charge in [-0.05, 0) is 32.6 Å². The highest BCUT2D eigenvalue weighted by atomic mass is 16.2. The fraction of sp³-hybridized carbons (Fsp3) is 0.538. The zero-order chi connectivity index (χ0) is 12.8. The van der Waals surface area contributed by atoms with Gasteiger partial charge in [0.2, 0.25) is 5.91 Å². The molecule has 0 saturated carbocycles. The summed E-state index contributed by atoms with van der Waals surface area (Å²) in [7, 11) is 4.01. The van der Waals surface area contributed by atoms with E-state index >= 15 is 0 Å². The molecular formula is C13H21N3O. The van der Waals surface area contributed by atoms with Crippen molar-refractivity contribution in [3.05, 3.63) is 29.6 Å². The van der Waals surface area contributed by atoms with Crippen molar-refractivity contribution in [1.82, 2.24) is 14.8 Å². The Morgan fingerprint density at radius 2 is 2.06 bits per heavy atom. The Hall–Kier alpha value is -1.42. The molecule has 0 aliphatic rings. The summed E-state index contributed by atoms with van der Waals surface area (Å²) in [6.07, 6.45) is 1.77. The van der Waals surface area contributed by atoms with E-state index in [4.69, 9.17) is 0 Å². The largest absolute Gasteiger partial charge is 0.336 e. The molecule has 0 aliphatic heterocycles. The number of carbonyl (C=O) groups excluding carboxylic acids is 1. The molecule has 17 heavy (non-hydrogen) atoms. The SMILES string of the molecule is CC(=O)N(CCN(C)C)Cc1ncccc1C. The van der Waals surface area contributed by atoms with E-state index in [1.165, 1.54) is 0 Å². The monoisotopic (exact) mass is 235 g/mol. The van der Waals surface area contributed by atoms with E-state index in [2.05, 4.69) is 9.88 Å². The van der Waals surface area contributed by atoms with Crippen molar-refractivity contribution in [2.24, 2.45) is 0 Å². The standard InChI is InChI=1S/C13H21N3O/c1-11-6-5-7-14-13(11)10-16(12(2)17)9-8-15(3)4/h5-7H,8-10H2,1-4H3. The molecule has 0 N–H and O–H groups in total. The number of hydrogen-bond acceptors (Lipinski definition) is 3. The van der Waals surface area contributed by atoms with Crippen molar-refractivity contribution in [3.8, 4) is 0 Å². The molecule has 0 unspecified atom stereocenters. The number of hydrogen-bond donors (Lipinski definition) is 0. The molecule has 4 nitrogen and oxygen atoms in total. The number of nitrogens with zero attached hydrogens (tertiary/aromatic N) is 3. The first-order valence-electron chi connectivity index (χ1n) is 5.81. The van der Waals surface area contributed by atoms with E-state index in [0.29, 0.717) is 6.54 Å². The third-order valence-electron chi connectivity index (χ3n) is 2.72. The van der Waals surface area contributed by atoms with Crippen LogP contribution in [0.25, 0.3) is 0 Å². The highest BCUT2D eigenvalue weighted by molar-refractivity contribution is 5.73. The van der Waals surface area contributed by atoms with Crippen LogP contribution in [0.4, 0.5) is 0 Å². The van der Waals surface area contributed by atoms with Gasteiger partial charge in [-0.25, -0.2) is 0 Å². The number of rotatable bonds is 5. The van der Waals surface area contributed by atoms with Gasteiger partial charge in [-0.2, -0.15) is 0 Å². The van der Waals surface area contributed by atoms with Gasteiger partial charge in [0.05, 0.1) is 12.2 Å². The summed E-state index contributed by atoms with van der Waals surface area (Å²) in [6, 6.07) is 3.93. The van der Waals surface area contributed by atoms with Gasteiger partial charge >= 0.3 is 0 Å². The molecule has 94 valence electrons. The molecule has 0 spiro atoms. The van der Waals surface area contributed by atoms with Crippen LogP contribution >= 0.6 is 0 Å². The van der Waals surface area contributed by atoms with Gasteiger partial charge in [0.15, 0.2) is 0 Å². The minimum atomic E-state index is 0.0944. The van der Waals surface area contributed by atoms with E-state index in [9.17, 15) is 4.79 Å². The summed E-state index contributed by atoms with van der Waals surface area (Å²) in [5, 5.41) is 0. The van der Waals surface area contributed by atoms with Gasteiger partial charge in [-0.3, -0.25) is 9.78 Å². The molecule has 1 aromatic rings. The summed E-state index contributed by atoms with van der Waals surface area (Å²) in [4.78, 5) is 19.8. The summed E-state index contributed by atoms with van der Waals surface area (Å²) in [5.74, 6) is 0.0944. The summed E-state index contributed by atoms with van der Waals surface area (Å²) >= 11 is 0. The van der Waals surface area contributed by atoms with E-state index in [0.717, 1.165) is 24.3 Å². The van der Waals surface area contributed by atoms with E-state index in [1.807, 2.05) is 38.1 Å². The van der Waals surface area contributed by atoms with Gasteiger partial charge < -0.3 is 9.80 Å². The van der Waals surface area contributed by atoms with Crippen LogP contribution in [-0.2, 0) is 11.3 Å². The molecule has 0 saturated heterocycles. The lowest BCUT2D eigenvalue weighted by atomic mass is 10.2. The highest BCUT2D eigenvalue weighted by Crippen LogP contribution is 2.07. The van der Waals surface area contributed by atoms with E-state index in [-0.39, 0.29) is 5.91 Å². The molecule has 0 bridgehead atoms. The Morgan fingerprint density at radius 3 is 2.59 bits per heavy atom. The number of aromatic nitrogens is 1. The molecule has 4 heteroatoms. The minimum absolute atomic E-state index is 0.0944. The van der Waals surface area contributed by atoms with Crippen molar-refractivity contribution >= 4 is 5.91 Å². The molecule has 1 aromatic heterocycles. The first-order valence-corrected chi connectivity index (χ1v) is 5.81. The lowest BCUT2D eigenvalue weighted by Crippen LogP contribution is -2.35. The highest BCUT2D eigenvalue weighted by Gasteiger charge is 2.11. The third-order valence-corrected chi connectivity index (χ3v) is 2.72. The van der Waals surface area contributed by atoms with Crippen molar-refractivity contribution in [2.75, 3.05) is 27.2 Å². The maximum atomic E-state index is 11.6. The molecule has 1 amide bonds. The fourth-order valence-corrected chi connectivity index (χ4v) is 1.53. The lowest BCUT2D eigenvalue weighted by Gasteiger charge is -2.23. The Labute approximate surface area is 103 Å². The van der Waals surface area contributed by atoms with Crippen LogP contribution < -0.4 is 0 Å². The Balaban J connectivity index is 2.67. The van der Waals surface area contributed by atoms with Gasteiger partial charge in [0.1, 0.15) is 0 Å². The van der Waals surface area contributed by atoms with Crippen molar-refractivity contribution in [2.45, 2.75) is 20.4 Å². The average molecular weight is 235 g/mol. The predicted molar refractivity (Wildman–Crippen MR) is 68.6 cm³/mol. The predicted octanol–water partition coefficient (Wildman–Crippen LogP) is 1.30. The van der Waals surface area contributed by atoms with Gasteiger partial charge in [-0.1, -0.05) is 6.07 Å². The van der Waals surface area contributed by atoms with Gasteiger partial charge in [0.25, 0.3) is 0 Å². The second-order valence-corrected chi connectivity index (χ2v) is 4.51. The molecular weight excluding hydrogens is 214 g/mol. The molecule has 1 rings (SSSR count). The first-order chi connectivity index (χ1) is 8.00. The molecule has 1 heterocycles. The van der Waals surface area contributed by atoms with Crippen LogP contribution in [0, 0.1) is 6.92 Å². The van der Waals surface area contributed by atoms with Gasteiger partial charge in [0, 0.05) is 26.2 Å². The van der Waals surface area contributed by atoms with E-state index < -0.39 is 0 Å². The second kappa shape index (κ2) is 6.35. The summed E-state index contributed by atoms with van der Waals surface area (Å²) < 4.78 is 0. The Morgan fingerprint density at radius 1 is 1.35 bits per heavy atom. The molecule has 0 aliphatic carbocycles. The van der Waals surface area contributed by atoms with Crippen LogP contribution in [0.15, 0.2) is 18.3 Å². The molecule has 0 atom stereocenters. The van der Waals surface area contributed by atoms with Gasteiger partial charge in [-0.15, -0.1) is 0 Å². The smallest absolute Gasteiger partial charge is 0.219 e. The number of amides is 1. The maximum absolute atomic E-state index is 11.6. The number of aryl methyl sites for hydroxylation is 1. The quantitative estimate of drug-likeness (QED) is 0.772. The maximum Gasteiger partial charge on any atom is 0.219 e. The first kappa shape index (κ1) is 13.6. The van der Waals surface area contributed by atoms with Crippen molar-refractivity contribution in [1.29, 1.82) is 0 Å². The zero-order valence-corrected chi connectivity index (χ0v) is 11.1. The average Bonchev–Trinajstić information content (AvgIpc) is 2.25. The van der Waals surface area contributed by atoms with Crippen LogP contribution in [0.3, 0.4) is 0 Å². The van der Waals surface area contributed by atoms with Crippen LogP contribution in [0.5, 0.6) is 0 Å². The van der Waals surface area contributed by atoms with Crippen LogP contribution in [0.1, 0.15) is 18.2 Å². The van der Waals surface area contributed by atoms with Crippen molar-refractivity contribution < 1.29 is 4.79 Å². The lowest BCUT2D eigenvalue weighted by molar-refractivity contribution is -0.129. The summed E-state index contributed by atoms with van der Waals surface area (Å²) in [5.41, 5.74) is 2.10. The van der Waals surface area contributed by atoms with Crippen LogP contribution in [-0.4, -0.2) is 47.9 Å². The number of pyridine rings is 1. The second-order valence-electron chi connectivity index (χ2n) is 4.51.